The molecule has 0 aliphatic rings. The molecule has 1 atom stereocenters. The number of nitrogens with one attached hydrogen (secondary N) is 1. The lowest BCUT2D eigenvalue weighted by Gasteiger charge is -2.13. The number of rotatable bonds is 4. The van der Waals surface area contributed by atoms with Crippen LogP contribution in [0.15, 0.2) is 16.8 Å². The van der Waals surface area contributed by atoms with Crippen molar-refractivity contribution < 1.29 is 14.2 Å². The number of aromatic nitrogens is 2. The van der Waals surface area contributed by atoms with Crippen molar-refractivity contribution in [2.24, 2.45) is 0 Å². The van der Waals surface area contributed by atoms with Gasteiger partial charge >= 0.3 is 5.97 Å². The number of carbonyl (C=O) groups excluding carboxylic acids is 1. The molecule has 1 aromatic heterocycles. The molecule has 2 rings (SSSR count). The van der Waals surface area contributed by atoms with Gasteiger partial charge in [0.1, 0.15) is 6.04 Å². The number of nitrogens with two attached hydrogens (primary N) is 1. The molecule has 0 saturated carbocycles. The molecule has 7 nitrogen and oxygen atoms in total. The third-order valence-corrected chi connectivity index (χ3v) is 2.46. The van der Waals surface area contributed by atoms with Gasteiger partial charge in [0.25, 0.3) is 0 Å². The number of benzene rings is 1. The minimum absolute atomic E-state index is 0.334. The van der Waals surface area contributed by atoms with Gasteiger partial charge in [-0.15, -0.1) is 0 Å². The van der Waals surface area contributed by atoms with Gasteiger partial charge in [-0.05, 0) is 36.3 Å². The van der Waals surface area contributed by atoms with E-state index < -0.39 is 6.04 Å². The van der Waals surface area contributed by atoms with Crippen LogP contribution in [0.25, 0.3) is 11.0 Å². The first kappa shape index (κ1) is 12.2. The third kappa shape index (κ3) is 2.20. The molecule has 1 aromatic carbocycles. The molecule has 0 fully saturated rings. The molecule has 0 saturated heterocycles. The second-order valence-electron chi connectivity index (χ2n) is 3.78. The second-order valence-corrected chi connectivity index (χ2v) is 3.78. The van der Waals surface area contributed by atoms with Crippen LogP contribution in [-0.2, 0) is 9.53 Å². The van der Waals surface area contributed by atoms with Gasteiger partial charge in [-0.1, -0.05) is 0 Å². The van der Waals surface area contributed by atoms with Crippen molar-refractivity contribution in [2.45, 2.75) is 19.9 Å². The smallest absolute Gasteiger partial charge is 0.328 e. The molecular formula is C11H14N4O3. The van der Waals surface area contributed by atoms with Crippen LogP contribution in [0.3, 0.4) is 0 Å². The van der Waals surface area contributed by atoms with Crippen molar-refractivity contribution in [1.29, 1.82) is 0 Å². The van der Waals surface area contributed by atoms with E-state index in [1.807, 2.05) is 0 Å². The van der Waals surface area contributed by atoms with E-state index in [2.05, 4.69) is 20.3 Å². The lowest BCUT2D eigenvalue weighted by molar-refractivity contribution is -0.143. The molecule has 2 aromatic rings. The molecule has 3 N–H and O–H groups in total. The normalized spacial score (nSPS) is 12.3. The van der Waals surface area contributed by atoms with E-state index in [1.54, 1.807) is 26.0 Å². The molecule has 7 heteroatoms. The highest BCUT2D eigenvalue weighted by Crippen LogP contribution is 2.25. The second kappa shape index (κ2) is 4.91. The summed E-state index contributed by atoms with van der Waals surface area (Å²) < 4.78 is 9.55. The van der Waals surface area contributed by atoms with Crippen molar-refractivity contribution in [3.05, 3.63) is 12.1 Å². The maximum Gasteiger partial charge on any atom is 0.328 e. The van der Waals surface area contributed by atoms with Crippen molar-refractivity contribution in [2.75, 3.05) is 17.7 Å². The Morgan fingerprint density at radius 3 is 2.94 bits per heavy atom. The van der Waals surface area contributed by atoms with Crippen molar-refractivity contribution >= 4 is 28.4 Å². The summed E-state index contributed by atoms with van der Waals surface area (Å²) >= 11 is 0. The number of nitrogen functional groups attached to an aromatic ring is 1. The van der Waals surface area contributed by atoms with E-state index in [-0.39, 0.29) is 5.97 Å². The minimum atomic E-state index is -0.492. The Hall–Kier alpha value is -2.31. The Bertz CT molecular complexity index is 566. The fourth-order valence-electron chi connectivity index (χ4n) is 1.56. The summed E-state index contributed by atoms with van der Waals surface area (Å²) in [4.78, 5) is 11.5. The summed E-state index contributed by atoms with van der Waals surface area (Å²) in [5, 5.41) is 10.4. The number of hydrogen-bond acceptors (Lipinski definition) is 7. The zero-order valence-corrected chi connectivity index (χ0v) is 10.1. The Labute approximate surface area is 103 Å². The largest absolute Gasteiger partial charge is 0.464 e. The highest BCUT2D eigenvalue weighted by atomic mass is 16.6. The zero-order valence-electron chi connectivity index (χ0n) is 10.1. The van der Waals surface area contributed by atoms with Gasteiger partial charge in [-0.3, -0.25) is 0 Å². The number of fused-ring (bicyclic) bond motifs is 1. The highest BCUT2D eigenvalue weighted by molar-refractivity contribution is 5.96. The Balaban J connectivity index is 2.24. The van der Waals surface area contributed by atoms with Crippen LogP contribution in [0.1, 0.15) is 13.8 Å². The number of hydrogen-bond donors (Lipinski definition) is 2. The SMILES string of the molecule is CCOC(=O)C(C)Nc1ccc(N)c2nonc12. The van der Waals surface area contributed by atoms with E-state index in [0.717, 1.165) is 0 Å². The Morgan fingerprint density at radius 2 is 2.22 bits per heavy atom. The maximum absolute atomic E-state index is 11.5. The summed E-state index contributed by atoms with van der Waals surface area (Å²) in [5.74, 6) is -0.334. The molecule has 0 aliphatic carbocycles. The Kier molecular flexibility index (Phi) is 3.31. The van der Waals surface area contributed by atoms with Crippen LogP contribution in [0.4, 0.5) is 11.4 Å². The van der Waals surface area contributed by atoms with E-state index in [1.165, 1.54) is 0 Å². The van der Waals surface area contributed by atoms with Crippen molar-refractivity contribution in [3.8, 4) is 0 Å². The molecule has 96 valence electrons. The summed E-state index contributed by atoms with van der Waals surface area (Å²) in [6, 6.07) is 2.90. The molecule has 0 radical (unpaired) electrons. The van der Waals surface area contributed by atoms with Gasteiger partial charge in [-0.2, -0.15) is 0 Å². The first-order chi connectivity index (χ1) is 8.63. The molecule has 0 spiro atoms. The van der Waals surface area contributed by atoms with Gasteiger partial charge in [0.2, 0.25) is 0 Å². The first-order valence-corrected chi connectivity index (χ1v) is 5.57. The van der Waals surface area contributed by atoms with E-state index in [9.17, 15) is 4.79 Å². The fraction of sp³-hybridized carbons (Fsp3) is 0.364. The van der Waals surface area contributed by atoms with Crippen LogP contribution in [0.5, 0.6) is 0 Å². The summed E-state index contributed by atoms with van der Waals surface area (Å²) in [6.45, 7) is 3.80. The van der Waals surface area contributed by atoms with Gasteiger partial charge < -0.3 is 15.8 Å². The molecule has 0 bridgehead atoms. The monoisotopic (exact) mass is 250 g/mol. The standard InChI is InChI=1S/C11H14N4O3/c1-3-17-11(16)6(2)13-8-5-4-7(12)9-10(8)15-18-14-9/h4-6,13H,3,12H2,1-2H3. The molecule has 1 heterocycles. The molecule has 0 amide bonds. The lowest BCUT2D eigenvalue weighted by atomic mass is 10.2. The van der Waals surface area contributed by atoms with Crippen LogP contribution in [0, 0.1) is 0 Å². The third-order valence-electron chi connectivity index (χ3n) is 2.46. The van der Waals surface area contributed by atoms with E-state index in [0.29, 0.717) is 29.0 Å². The zero-order chi connectivity index (χ0) is 13.1. The van der Waals surface area contributed by atoms with Crippen LogP contribution >= 0.6 is 0 Å². The van der Waals surface area contributed by atoms with Gasteiger partial charge in [0.05, 0.1) is 18.0 Å². The van der Waals surface area contributed by atoms with Crippen molar-refractivity contribution in [1.82, 2.24) is 10.3 Å². The number of esters is 1. The lowest BCUT2D eigenvalue weighted by Crippen LogP contribution is -2.28. The van der Waals surface area contributed by atoms with Crippen LogP contribution in [-0.4, -0.2) is 28.9 Å². The highest BCUT2D eigenvalue weighted by Gasteiger charge is 2.17. The molecule has 18 heavy (non-hydrogen) atoms. The van der Waals surface area contributed by atoms with Crippen LogP contribution in [0.2, 0.25) is 0 Å². The predicted octanol–water partition coefficient (Wildman–Crippen LogP) is 1.17. The minimum Gasteiger partial charge on any atom is -0.464 e. The Morgan fingerprint density at radius 1 is 1.50 bits per heavy atom. The fourth-order valence-corrected chi connectivity index (χ4v) is 1.56. The predicted molar refractivity (Wildman–Crippen MR) is 65.9 cm³/mol. The maximum atomic E-state index is 11.5. The summed E-state index contributed by atoms with van der Waals surface area (Å²) in [7, 11) is 0. The quantitative estimate of drug-likeness (QED) is 0.620. The first-order valence-electron chi connectivity index (χ1n) is 5.57. The summed E-state index contributed by atoms with van der Waals surface area (Å²) in [5.41, 5.74) is 7.79. The van der Waals surface area contributed by atoms with E-state index >= 15 is 0 Å². The molecular weight excluding hydrogens is 236 g/mol. The number of ether oxygens (including phenoxy) is 1. The van der Waals surface area contributed by atoms with Crippen LogP contribution < -0.4 is 11.1 Å². The summed E-state index contributed by atoms with van der Waals surface area (Å²) in [6.07, 6.45) is 0. The topological polar surface area (TPSA) is 103 Å². The molecule has 1 unspecified atom stereocenters. The number of nitrogens with zero attached hydrogens (tertiary/aromatic N) is 2. The van der Waals surface area contributed by atoms with Gasteiger partial charge in [0, 0.05) is 0 Å². The van der Waals surface area contributed by atoms with Gasteiger partial charge in [-0.25, -0.2) is 9.42 Å². The number of anilines is 2. The van der Waals surface area contributed by atoms with Gasteiger partial charge in [0.15, 0.2) is 11.0 Å². The number of carbonyl (C=O) groups is 1. The molecule has 0 aliphatic heterocycles. The average molecular weight is 250 g/mol. The average Bonchev–Trinajstić information content (AvgIpc) is 2.83. The van der Waals surface area contributed by atoms with Crippen molar-refractivity contribution in [3.63, 3.8) is 0 Å². The van der Waals surface area contributed by atoms with E-state index in [4.69, 9.17) is 10.5 Å².